The smallest absolute Gasteiger partial charge is 0.336 e. The van der Waals surface area contributed by atoms with Gasteiger partial charge in [-0.3, -0.25) is 4.90 Å². The summed E-state index contributed by atoms with van der Waals surface area (Å²) >= 11 is 0. The molecule has 21 heavy (non-hydrogen) atoms. The van der Waals surface area contributed by atoms with E-state index in [0.29, 0.717) is 6.04 Å². The van der Waals surface area contributed by atoms with Gasteiger partial charge in [-0.05, 0) is 62.9 Å². The Morgan fingerprint density at radius 2 is 2.05 bits per heavy atom. The van der Waals surface area contributed by atoms with Gasteiger partial charge in [-0.25, -0.2) is 4.79 Å². The first-order valence-electron chi connectivity index (χ1n) is 7.82. The maximum atomic E-state index is 11.9. The molecule has 0 unspecified atom stereocenters. The van der Waals surface area contributed by atoms with Gasteiger partial charge in [0.05, 0.1) is 0 Å². The van der Waals surface area contributed by atoms with Crippen molar-refractivity contribution in [2.24, 2.45) is 0 Å². The van der Waals surface area contributed by atoms with E-state index >= 15 is 0 Å². The second-order valence-corrected chi connectivity index (χ2v) is 6.36. The topological polar surface area (TPSA) is 33.5 Å². The number of aryl methyl sites for hydroxylation is 2. The van der Waals surface area contributed by atoms with E-state index in [0.717, 1.165) is 35.2 Å². The van der Waals surface area contributed by atoms with Crippen molar-refractivity contribution in [3.8, 4) is 0 Å². The van der Waals surface area contributed by atoms with Crippen LogP contribution in [0.25, 0.3) is 11.0 Å². The van der Waals surface area contributed by atoms with Crippen molar-refractivity contribution >= 4 is 11.0 Å². The minimum atomic E-state index is -0.243. The average Bonchev–Trinajstić information content (AvgIpc) is 2.40. The molecule has 0 spiro atoms. The molecule has 2 heterocycles. The third-order valence-electron chi connectivity index (χ3n) is 4.58. The highest BCUT2D eigenvalue weighted by atomic mass is 16.4. The van der Waals surface area contributed by atoms with Gasteiger partial charge < -0.3 is 4.42 Å². The zero-order chi connectivity index (χ0) is 15.0. The van der Waals surface area contributed by atoms with E-state index < -0.39 is 0 Å². The Morgan fingerprint density at radius 3 is 2.81 bits per heavy atom. The SMILES string of the molecule is Cc1cc(C)c2c(CN3CCCC[C@@H]3C)cc(=O)oc2c1. The Morgan fingerprint density at radius 1 is 1.24 bits per heavy atom. The fourth-order valence-corrected chi connectivity index (χ4v) is 3.51. The molecule has 0 aliphatic carbocycles. The fourth-order valence-electron chi connectivity index (χ4n) is 3.51. The van der Waals surface area contributed by atoms with Crippen LogP contribution in [-0.2, 0) is 6.54 Å². The number of hydrogen-bond donors (Lipinski definition) is 0. The zero-order valence-electron chi connectivity index (χ0n) is 13.1. The van der Waals surface area contributed by atoms with Crippen LogP contribution in [0.5, 0.6) is 0 Å². The van der Waals surface area contributed by atoms with Crippen LogP contribution >= 0.6 is 0 Å². The molecular weight excluding hydrogens is 262 g/mol. The molecule has 1 saturated heterocycles. The number of benzene rings is 1. The monoisotopic (exact) mass is 285 g/mol. The molecule has 1 atom stereocenters. The third-order valence-corrected chi connectivity index (χ3v) is 4.58. The van der Waals surface area contributed by atoms with Crippen molar-refractivity contribution < 1.29 is 4.42 Å². The van der Waals surface area contributed by atoms with Gasteiger partial charge in [0.25, 0.3) is 0 Å². The highest BCUT2D eigenvalue weighted by Crippen LogP contribution is 2.26. The molecule has 0 radical (unpaired) electrons. The van der Waals surface area contributed by atoms with Crippen molar-refractivity contribution in [3.05, 3.63) is 45.3 Å². The van der Waals surface area contributed by atoms with Gasteiger partial charge >= 0.3 is 5.63 Å². The summed E-state index contributed by atoms with van der Waals surface area (Å²) in [5.74, 6) is 0. The largest absolute Gasteiger partial charge is 0.423 e. The number of rotatable bonds is 2. The Kier molecular flexibility index (Phi) is 3.85. The van der Waals surface area contributed by atoms with E-state index in [4.69, 9.17) is 4.42 Å². The Hall–Kier alpha value is -1.61. The Labute approximate surface area is 125 Å². The molecule has 2 aromatic rings. The molecule has 3 heteroatoms. The van der Waals surface area contributed by atoms with Crippen LogP contribution in [0.1, 0.15) is 42.9 Å². The Bertz CT molecular complexity index is 717. The molecule has 3 nitrogen and oxygen atoms in total. The highest BCUT2D eigenvalue weighted by Gasteiger charge is 2.20. The van der Waals surface area contributed by atoms with Crippen LogP contribution in [0, 0.1) is 13.8 Å². The quantitative estimate of drug-likeness (QED) is 0.787. The van der Waals surface area contributed by atoms with Gasteiger partial charge in [-0.2, -0.15) is 0 Å². The second-order valence-electron chi connectivity index (χ2n) is 6.36. The third kappa shape index (κ3) is 2.88. The number of nitrogens with zero attached hydrogens (tertiary/aromatic N) is 1. The summed E-state index contributed by atoms with van der Waals surface area (Å²) in [6, 6.07) is 6.39. The van der Waals surface area contributed by atoms with E-state index in [2.05, 4.69) is 24.8 Å². The lowest BCUT2D eigenvalue weighted by molar-refractivity contribution is 0.153. The lowest BCUT2D eigenvalue weighted by Crippen LogP contribution is -2.37. The highest BCUT2D eigenvalue weighted by molar-refractivity contribution is 5.84. The number of fused-ring (bicyclic) bond motifs is 1. The molecule has 1 aromatic heterocycles. The average molecular weight is 285 g/mol. The van der Waals surface area contributed by atoms with E-state index in [-0.39, 0.29) is 5.63 Å². The molecule has 0 N–H and O–H groups in total. The first-order chi connectivity index (χ1) is 10.0. The van der Waals surface area contributed by atoms with Gasteiger partial charge in [0.1, 0.15) is 5.58 Å². The van der Waals surface area contributed by atoms with E-state index in [1.807, 2.05) is 13.0 Å². The van der Waals surface area contributed by atoms with Crippen LogP contribution < -0.4 is 5.63 Å². The summed E-state index contributed by atoms with van der Waals surface area (Å²) in [5, 5.41) is 1.11. The molecule has 1 aromatic carbocycles. The van der Waals surface area contributed by atoms with Crippen LogP contribution in [0.15, 0.2) is 27.4 Å². The summed E-state index contributed by atoms with van der Waals surface area (Å²) in [6.07, 6.45) is 3.81. The first kappa shape index (κ1) is 14.3. The fraction of sp³-hybridized carbons (Fsp3) is 0.500. The summed E-state index contributed by atoms with van der Waals surface area (Å²) in [7, 11) is 0. The standard InChI is InChI=1S/C18H23NO2/c1-12-8-13(2)18-15(10-17(20)21-16(18)9-12)11-19-7-5-4-6-14(19)3/h8-10,14H,4-7,11H2,1-3H3/t14-/m0/s1. The van der Waals surface area contributed by atoms with Crippen molar-refractivity contribution in [3.63, 3.8) is 0 Å². The minimum absolute atomic E-state index is 0.243. The molecule has 1 aliphatic heterocycles. The van der Waals surface area contributed by atoms with E-state index in [9.17, 15) is 4.79 Å². The lowest BCUT2D eigenvalue weighted by atomic mass is 9.99. The van der Waals surface area contributed by atoms with Crippen molar-refractivity contribution in [2.45, 2.75) is 52.6 Å². The van der Waals surface area contributed by atoms with Crippen LogP contribution in [0.3, 0.4) is 0 Å². The molecule has 0 amide bonds. The normalized spacial score (nSPS) is 20.0. The summed E-state index contributed by atoms with van der Waals surface area (Å²) in [6.45, 7) is 8.37. The Balaban J connectivity index is 2.07. The summed E-state index contributed by atoms with van der Waals surface area (Å²) in [4.78, 5) is 14.3. The number of hydrogen-bond acceptors (Lipinski definition) is 3. The molecular formula is C18H23NO2. The van der Waals surface area contributed by atoms with Gasteiger partial charge in [0.15, 0.2) is 0 Å². The second kappa shape index (κ2) is 5.64. The number of likely N-dealkylation sites (tertiary alicyclic amines) is 1. The van der Waals surface area contributed by atoms with Crippen LogP contribution in [0.2, 0.25) is 0 Å². The van der Waals surface area contributed by atoms with E-state index in [1.165, 1.54) is 24.8 Å². The van der Waals surface area contributed by atoms with Crippen LogP contribution in [-0.4, -0.2) is 17.5 Å². The molecule has 1 aliphatic rings. The predicted octanol–water partition coefficient (Wildman–Crippen LogP) is 3.78. The lowest BCUT2D eigenvalue weighted by Gasteiger charge is -2.33. The maximum Gasteiger partial charge on any atom is 0.336 e. The predicted molar refractivity (Wildman–Crippen MR) is 85.7 cm³/mol. The molecule has 112 valence electrons. The molecule has 3 rings (SSSR count). The first-order valence-corrected chi connectivity index (χ1v) is 7.82. The van der Waals surface area contributed by atoms with Crippen molar-refractivity contribution in [1.82, 2.24) is 4.90 Å². The van der Waals surface area contributed by atoms with Gasteiger partial charge in [0.2, 0.25) is 0 Å². The van der Waals surface area contributed by atoms with Gasteiger partial charge in [-0.1, -0.05) is 12.5 Å². The molecule has 0 bridgehead atoms. The zero-order valence-corrected chi connectivity index (χ0v) is 13.1. The van der Waals surface area contributed by atoms with Crippen molar-refractivity contribution in [2.75, 3.05) is 6.54 Å². The van der Waals surface area contributed by atoms with E-state index in [1.54, 1.807) is 6.07 Å². The van der Waals surface area contributed by atoms with Gasteiger partial charge in [0, 0.05) is 24.0 Å². The van der Waals surface area contributed by atoms with Gasteiger partial charge in [-0.15, -0.1) is 0 Å². The van der Waals surface area contributed by atoms with Crippen molar-refractivity contribution in [1.29, 1.82) is 0 Å². The minimum Gasteiger partial charge on any atom is -0.423 e. The summed E-state index contributed by atoms with van der Waals surface area (Å²) in [5.41, 5.74) is 3.90. The molecule has 0 saturated carbocycles. The maximum absolute atomic E-state index is 11.9. The van der Waals surface area contributed by atoms with Crippen LogP contribution in [0.4, 0.5) is 0 Å². The number of piperidine rings is 1. The summed E-state index contributed by atoms with van der Waals surface area (Å²) < 4.78 is 5.41. The molecule has 1 fully saturated rings.